The second kappa shape index (κ2) is 6.06. The largest absolute Gasteiger partial charge is 0.481 e. The minimum absolute atomic E-state index is 0.203. The summed E-state index contributed by atoms with van der Waals surface area (Å²) in [5.74, 6) is -0.736. The van der Waals surface area contributed by atoms with Crippen molar-refractivity contribution in [1.29, 1.82) is 0 Å². The number of hydrogen-bond acceptors (Lipinski definition) is 3. The Morgan fingerprint density at radius 1 is 1.26 bits per heavy atom. The van der Waals surface area contributed by atoms with E-state index >= 15 is 0 Å². The maximum absolute atomic E-state index is 11.0. The van der Waals surface area contributed by atoms with Gasteiger partial charge in [0.05, 0.1) is 5.41 Å². The van der Waals surface area contributed by atoms with Crippen LogP contribution in [0.2, 0.25) is 0 Å². The lowest BCUT2D eigenvalue weighted by Crippen LogP contribution is -2.28. The summed E-state index contributed by atoms with van der Waals surface area (Å²) in [5.41, 5.74) is -0.451. The first kappa shape index (κ1) is 16.2. The molecule has 19 heavy (non-hydrogen) atoms. The highest BCUT2D eigenvalue weighted by Gasteiger charge is 2.26. The van der Waals surface area contributed by atoms with Crippen molar-refractivity contribution in [3.05, 3.63) is 21.9 Å². The SMILES string of the molecule is CC(C)(CCNCc1ccc(C(C)(C)C)s1)C(=O)O. The van der Waals surface area contributed by atoms with E-state index in [4.69, 9.17) is 5.11 Å². The van der Waals surface area contributed by atoms with E-state index in [9.17, 15) is 4.79 Å². The Bertz CT molecular complexity index is 430. The number of carboxylic acid groups (broad SMARTS) is 1. The number of rotatable bonds is 6. The van der Waals surface area contributed by atoms with Gasteiger partial charge in [0.25, 0.3) is 0 Å². The van der Waals surface area contributed by atoms with Crippen molar-refractivity contribution in [2.45, 2.75) is 53.0 Å². The molecule has 0 spiro atoms. The summed E-state index contributed by atoms with van der Waals surface area (Å²) in [6.07, 6.45) is 0.639. The highest BCUT2D eigenvalue weighted by molar-refractivity contribution is 7.12. The van der Waals surface area contributed by atoms with Gasteiger partial charge in [0.15, 0.2) is 0 Å². The molecule has 108 valence electrons. The van der Waals surface area contributed by atoms with Crippen LogP contribution in [-0.2, 0) is 16.8 Å². The van der Waals surface area contributed by atoms with E-state index in [1.54, 1.807) is 13.8 Å². The van der Waals surface area contributed by atoms with Crippen molar-refractivity contribution < 1.29 is 9.90 Å². The summed E-state index contributed by atoms with van der Waals surface area (Å²) >= 11 is 1.83. The topological polar surface area (TPSA) is 49.3 Å². The van der Waals surface area contributed by atoms with Crippen LogP contribution in [0.25, 0.3) is 0 Å². The molecule has 1 heterocycles. The second-order valence-corrected chi connectivity index (χ2v) is 7.80. The molecular weight excluding hydrogens is 258 g/mol. The van der Waals surface area contributed by atoms with Crippen LogP contribution in [0.15, 0.2) is 12.1 Å². The third-order valence-corrected chi connectivity index (χ3v) is 4.72. The predicted molar refractivity (Wildman–Crippen MR) is 80.8 cm³/mol. The Labute approximate surface area is 120 Å². The number of nitrogens with one attached hydrogen (secondary N) is 1. The fourth-order valence-corrected chi connectivity index (χ4v) is 2.63. The van der Waals surface area contributed by atoms with Crippen LogP contribution in [0.4, 0.5) is 0 Å². The maximum Gasteiger partial charge on any atom is 0.309 e. The normalized spacial score (nSPS) is 12.7. The Hall–Kier alpha value is -0.870. The molecule has 0 fully saturated rings. The van der Waals surface area contributed by atoms with E-state index in [2.05, 4.69) is 38.2 Å². The van der Waals surface area contributed by atoms with E-state index in [1.807, 2.05) is 11.3 Å². The Morgan fingerprint density at radius 3 is 2.37 bits per heavy atom. The monoisotopic (exact) mass is 283 g/mol. The zero-order valence-electron chi connectivity index (χ0n) is 12.5. The molecule has 2 N–H and O–H groups in total. The van der Waals surface area contributed by atoms with Gasteiger partial charge in [-0.3, -0.25) is 4.79 Å². The molecule has 0 atom stereocenters. The molecule has 0 aromatic carbocycles. The fraction of sp³-hybridized carbons (Fsp3) is 0.667. The van der Waals surface area contributed by atoms with Gasteiger partial charge in [0.1, 0.15) is 0 Å². The van der Waals surface area contributed by atoms with Crippen LogP contribution < -0.4 is 5.32 Å². The minimum atomic E-state index is -0.736. The van der Waals surface area contributed by atoms with Crippen molar-refractivity contribution in [2.24, 2.45) is 5.41 Å². The lowest BCUT2D eigenvalue weighted by atomic mass is 9.90. The molecule has 0 bridgehead atoms. The molecule has 4 heteroatoms. The van der Waals surface area contributed by atoms with Crippen molar-refractivity contribution in [3.8, 4) is 0 Å². The van der Waals surface area contributed by atoms with Gasteiger partial charge in [-0.25, -0.2) is 0 Å². The van der Waals surface area contributed by atoms with Gasteiger partial charge in [0, 0.05) is 16.3 Å². The van der Waals surface area contributed by atoms with Gasteiger partial charge in [-0.2, -0.15) is 0 Å². The standard InChI is InChI=1S/C15H25NO2S/c1-14(2,3)12-7-6-11(19-12)10-16-9-8-15(4,5)13(17)18/h6-7,16H,8-10H2,1-5H3,(H,17,18). The van der Waals surface area contributed by atoms with Crippen molar-refractivity contribution in [3.63, 3.8) is 0 Å². The second-order valence-electron chi connectivity index (χ2n) is 6.63. The molecule has 1 aromatic rings. The lowest BCUT2D eigenvalue weighted by Gasteiger charge is -2.18. The maximum atomic E-state index is 11.0. The van der Waals surface area contributed by atoms with Crippen LogP contribution in [0.3, 0.4) is 0 Å². The zero-order valence-corrected chi connectivity index (χ0v) is 13.4. The number of hydrogen-bond donors (Lipinski definition) is 2. The third-order valence-electron chi connectivity index (χ3n) is 3.21. The Balaban J connectivity index is 2.38. The predicted octanol–water partition coefficient (Wildman–Crippen LogP) is 3.64. The number of aliphatic carboxylic acids is 1. The van der Waals surface area contributed by atoms with Gasteiger partial charge in [-0.15, -0.1) is 11.3 Å². The van der Waals surface area contributed by atoms with Crippen LogP contribution in [0.5, 0.6) is 0 Å². The average Bonchev–Trinajstić information content (AvgIpc) is 2.72. The first-order chi connectivity index (χ1) is 8.63. The van der Waals surface area contributed by atoms with E-state index in [-0.39, 0.29) is 5.41 Å². The first-order valence-electron chi connectivity index (χ1n) is 6.66. The molecular formula is C15H25NO2S. The van der Waals surface area contributed by atoms with Crippen LogP contribution in [0.1, 0.15) is 50.8 Å². The highest BCUT2D eigenvalue weighted by atomic mass is 32.1. The number of thiophene rings is 1. The summed E-state index contributed by atoms with van der Waals surface area (Å²) in [4.78, 5) is 13.7. The summed E-state index contributed by atoms with van der Waals surface area (Å²) in [7, 11) is 0. The fourth-order valence-electron chi connectivity index (χ4n) is 1.60. The average molecular weight is 283 g/mol. The third kappa shape index (κ3) is 4.96. The number of carboxylic acids is 1. The van der Waals surface area contributed by atoms with E-state index in [0.29, 0.717) is 6.42 Å². The van der Waals surface area contributed by atoms with Gasteiger partial charge in [-0.05, 0) is 44.4 Å². The van der Waals surface area contributed by atoms with Crippen molar-refractivity contribution in [2.75, 3.05) is 6.54 Å². The molecule has 0 saturated heterocycles. The minimum Gasteiger partial charge on any atom is -0.481 e. The van der Waals surface area contributed by atoms with Gasteiger partial charge < -0.3 is 10.4 Å². The van der Waals surface area contributed by atoms with Crippen LogP contribution in [-0.4, -0.2) is 17.6 Å². The van der Waals surface area contributed by atoms with E-state index in [0.717, 1.165) is 13.1 Å². The quantitative estimate of drug-likeness (QED) is 0.784. The molecule has 0 amide bonds. The van der Waals surface area contributed by atoms with Crippen molar-refractivity contribution in [1.82, 2.24) is 5.32 Å². The summed E-state index contributed by atoms with van der Waals surface area (Å²) in [6.45, 7) is 11.7. The smallest absolute Gasteiger partial charge is 0.309 e. The van der Waals surface area contributed by atoms with E-state index in [1.165, 1.54) is 9.75 Å². The molecule has 0 aliphatic carbocycles. The lowest BCUT2D eigenvalue weighted by molar-refractivity contribution is -0.147. The molecule has 0 aliphatic rings. The molecule has 0 unspecified atom stereocenters. The molecule has 1 rings (SSSR count). The van der Waals surface area contributed by atoms with Crippen LogP contribution in [0, 0.1) is 5.41 Å². The molecule has 3 nitrogen and oxygen atoms in total. The van der Waals surface area contributed by atoms with E-state index < -0.39 is 11.4 Å². The number of carbonyl (C=O) groups is 1. The first-order valence-corrected chi connectivity index (χ1v) is 7.48. The zero-order chi connectivity index (χ0) is 14.7. The molecule has 0 aliphatic heterocycles. The van der Waals surface area contributed by atoms with Gasteiger partial charge in [-0.1, -0.05) is 20.8 Å². The van der Waals surface area contributed by atoms with Crippen LogP contribution >= 0.6 is 11.3 Å². The molecule has 0 saturated carbocycles. The Kier molecular flexibility index (Phi) is 5.16. The summed E-state index contributed by atoms with van der Waals surface area (Å²) < 4.78 is 0. The Morgan fingerprint density at radius 2 is 1.89 bits per heavy atom. The van der Waals surface area contributed by atoms with Gasteiger partial charge in [0.2, 0.25) is 0 Å². The summed E-state index contributed by atoms with van der Waals surface area (Å²) in [5, 5.41) is 12.3. The molecule has 0 radical (unpaired) electrons. The van der Waals surface area contributed by atoms with Crippen molar-refractivity contribution >= 4 is 17.3 Å². The van der Waals surface area contributed by atoms with Gasteiger partial charge >= 0.3 is 5.97 Å². The highest BCUT2D eigenvalue weighted by Crippen LogP contribution is 2.29. The summed E-state index contributed by atoms with van der Waals surface area (Å²) in [6, 6.07) is 4.34. The molecule has 1 aromatic heterocycles.